The summed E-state index contributed by atoms with van der Waals surface area (Å²) in [7, 11) is 0. The van der Waals surface area contributed by atoms with Gasteiger partial charge in [0.05, 0.1) is 5.37 Å². The van der Waals surface area contributed by atoms with Gasteiger partial charge in [0.2, 0.25) is 0 Å². The van der Waals surface area contributed by atoms with Gasteiger partial charge in [-0.05, 0) is 6.42 Å². The maximum Gasteiger partial charge on any atom is 0.321 e. The lowest BCUT2D eigenvalue weighted by Crippen LogP contribution is -2.36. The average Bonchev–Trinajstić information content (AvgIpc) is 2.81. The zero-order valence-electron chi connectivity index (χ0n) is 11.5. The van der Waals surface area contributed by atoms with Crippen molar-refractivity contribution < 1.29 is 9.90 Å². The summed E-state index contributed by atoms with van der Waals surface area (Å²) in [6.07, 6.45) is 11.8. The molecule has 1 rings (SSSR count). The van der Waals surface area contributed by atoms with Crippen molar-refractivity contribution in [3.05, 3.63) is 0 Å². The second-order valence-electron chi connectivity index (χ2n) is 5.14. The minimum atomic E-state index is -0.707. The van der Waals surface area contributed by atoms with E-state index < -0.39 is 5.97 Å². The molecule has 4 heteroatoms. The summed E-state index contributed by atoms with van der Waals surface area (Å²) in [4.78, 5) is 10.8. The minimum Gasteiger partial charge on any atom is -0.480 e. The molecular weight excluding hydrogens is 246 g/mol. The summed E-state index contributed by atoms with van der Waals surface area (Å²) < 4.78 is 0. The molecule has 1 aliphatic rings. The molecule has 3 nitrogen and oxygen atoms in total. The van der Waals surface area contributed by atoms with Crippen LogP contribution in [0.3, 0.4) is 0 Å². The fourth-order valence-electron chi connectivity index (χ4n) is 2.31. The van der Waals surface area contributed by atoms with Crippen molar-refractivity contribution in [2.45, 2.75) is 76.1 Å². The van der Waals surface area contributed by atoms with E-state index in [9.17, 15) is 4.79 Å². The average molecular weight is 273 g/mol. The summed E-state index contributed by atoms with van der Waals surface area (Å²) >= 11 is 1.76. The van der Waals surface area contributed by atoms with Crippen molar-refractivity contribution in [3.8, 4) is 0 Å². The second-order valence-corrected chi connectivity index (χ2v) is 6.38. The van der Waals surface area contributed by atoms with Crippen LogP contribution < -0.4 is 5.32 Å². The molecule has 0 spiro atoms. The van der Waals surface area contributed by atoms with Crippen molar-refractivity contribution in [3.63, 3.8) is 0 Å². The highest BCUT2D eigenvalue weighted by Gasteiger charge is 2.28. The van der Waals surface area contributed by atoms with Gasteiger partial charge in [-0.3, -0.25) is 10.1 Å². The van der Waals surface area contributed by atoms with E-state index in [1.165, 1.54) is 51.4 Å². The van der Waals surface area contributed by atoms with Crippen molar-refractivity contribution >= 4 is 17.7 Å². The van der Waals surface area contributed by atoms with E-state index in [1.54, 1.807) is 11.8 Å². The Morgan fingerprint density at radius 3 is 2.33 bits per heavy atom. The van der Waals surface area contributed by atoms with Crippen LogP contribution in [0.1, 0.15) is 64.7 Å². The molecule has 1 heterocycles. The number of aliphatic carboxylic acids is 1. The monoisotopic (exact) mass is 273 g/mol. The Labute approximate surface area is 115 Å². The number of carbonyl (C=O) groups is 1. The quantitative estimate of drug-likeness (QED) is 0.597. The molecule has 1 aliphatic heterocycles. The van der Waals surface area contributed by atoms with Gasteiger partial charge in [-0.2, -0.15) is 0 Å². The predicted molar refractivity (Wildman–Crippen MR) is 78.0 cm³/mol. The van der Waals surface area contributed by atoms with Crippen molar-refractivity contribution in [2.75, 3.05) is 5.75 Å². The number of hydrogen-bond donors (Lipinski definition) is 2. The van der Waals surface area contributed by atoms with E-state index in [2.05, 4.69) is 12.2 Å². The highest BCUT2D eigenvalue weighted by molar-refractivity contribution is 8.00. The fraction of sp³-hybridized carbons (Fsp3) is 0.929. The molecule has 0 aromatic carbocycles. The lowest BCUT2D eigenvalue weighted by Gasteiger charge is -2.10. The molecule has 0 aliphatic carbocycles. The molecule has 0 aromatic rings. The van der Waals surface area contributed by atoms with E-state index in [1.807, 2.05) is 0 Å². The van der Waals surface area contributed by atoms with Crippen molar-refractivity contribution in [1.29, 1.82) is 0 Å². The van der Waals surface area contributed by atoms with Crippen molar-refractivity contribution in [2.24, 2.45) is 0 Å². The van der Waals surface area contributed by atoms with Gasteiger partial charge in [0.15, 0.2) is 0 Å². The van der Waals surface area contributed by atoms with Crippen LogP contribution in [0.15, 0.2) is 0 Å². The number of hydrogen-bond acceptors (Lipinski definition) is 3. The van der Waals surface area contributed by atoms with E-state index in [-0.39, 0.29) is 6.04 Å². The standard InChI is InChI=1S/C14H27NO2S/c1-2-3-4-5-6-7-8-9-10-13-15-12(11-18-13)14(16)17/h12-13,15H,2-11H2,1H3,(H,16,17)/t12-,13+/m0/s1. The van der Waals surface area contributed by atoms with Gasteiger partial charge in [-0.15, -0.1) is 11.8 Å². The van der Waals surface area contributed by atoms with Crippen LogP contribution in [0.25, 0.3) is 0 Å². The number of thioether (sulfide) groups is 1. The Bertz CT molecular complexity index is 236. The summed E-state index contributed by atoms with van der Waals surface area (Å²) in [6, 6.07) is -0.325. The van der Waals surface area contributed by atoms with Crippen molar-refractivity contribution in [1.82, 2.24) is 5.32 Å². The van der Waals surface area contributed by atoms with E-state index >= 15 is 0 Å². The second kappa shape index (κ2) is 9.68. The van der Waals surface area contributed by atoms with Gasteiger partial charge in [-0.1, -0.05) is 58.3 Å². The van der Waals surface area contributed by atoms with Crippen LogP contribution in [-0.2, 0) is 4.79 Å². The molecule has 18 heavy (non-hydrogen) atoms. The molecule has 1 saturated heterocycles. The molecule has 0 saturated carbocycles. The first-order valence-corrected chi connectivity index (χ1v) is 8.39. The Morgan fingerprint density at radius 1 is 1.17 bits per heavy atom. The normalized spacial score (nSPS) is 23.4. The number of carboxylic acid groups (broad SMARTS) is 1. The molecule has 106 valence electrons. The lowest BCUT2D eigenvalue weighted by molar-refractivity contribution is -0.138. The van der Waals surface area contributed by atoms with Gasteiger partial charge in [0.25, 0.3) is 0 Å². The summed E-state index contributed by atoms with van der Waals surface area (Å²) in [6.45, 7) is 2.25. The Kier molecular flexibility index (Phi) is 8.51. The highest BCUT2D eigenvalue weighted by atomic mass is 32.2. The predicted octanol–water partition coefficient (Wildman–Crippen LogP) is 3.63. The molecule has 0 radical (unpaired) electrons. The summed E-state index contributed by atoms with van der Waals surface area (Å²) in [5.74, 6) is 0.0118. The maximum absolute atomic E-state index is 10.8. The summed E-state index contributed by atoms with van der Waals surface area (Å²) in [5, 5.41) is 12.4. The van der Waals surface area contributed by atoms with Crippen LogP contribution >= 0.6 is 11.8 Å². The van der Waals surface area contributed by atoms with Gasteiger partial charge in [-0.25, -0.2) is 0 Å². The number of rotatable bonds is 10. The molecule has 2 N–H and O–H groups in total. The Hall–Kier alpha value is -0.220. The van der Waals surface area contributed by atoms with Crippen LogP contribution in [0, 0.1) is 0 Å². The van der Waals surface area contributed by atoms with Crippen LogP contribution in [0.4, 0.5) is 0 Å². The zero-order valence-corrected chi connectivity index (χ0v) is 12.3. The topological polar surface area (TPSA) is 49.3 Å². The first kappa shape index (κ1) is 15.8. The third-order valence-electron chi connectivity index (χ3n) is 3.47. The van der Waals surface area contributed by atoms with E-state index in [0.29, 0.717) is 5.37 Å². The van der Waals surface area contributed by atoms with Crippen LogP contribution in [0.5, 0.6) is 0 Å². The third-order valence-corrected chi connectivity index (χ3v) is 4.77. The zero-order chi connectivity index (χ0) is 13.2. The van der Waals surface area contributed by atoms with Gasteiger partial charge >= 0.3 is 5.97 Å². The molecule has 2 atom stereocenters. The van der Waals surface area contributed by atoms with Gasteiger partial charge in [0.1, 0.15) is 6.04 Å². The molecule has 1 fully saturated rings. The Morgan fingerprint density at radius 2 is 1.78 bits per heavy atom. The van der Waals surface area contributed by atoms with Gasteiger partial charge < -0.3 is 5.11 Å². The number of unbranched alkanes of at least 4 members (excludes halogenated alkanes) is 7. The maximum atomic E-state index is 10.8. The lowest BCUT2D eigenvalue weighted by atomic mass is 10.1. The van der Waals surface area contributed by atoms with E-state index in [4.69, 9.17) is 5.11 Å². The van der Waals surface area contributed by atoms with Crippen LogP contribution in [-0.4, -0.2) is 28.2 Å². The third kappa shape index (κ3) is 6.64. The smallest absolute Gasteiger partial charge is 0.321 e. The molecule has 0 aromatic heterocycles. The SMILES string of the molecule is CCCCCCCCCC[C@@H]1N[C@H](C(=O)O)CS1. The largest absolute Gasteiger partial charge is 0.480 e. The first-order chi connectivity index (χ1) is 8.74. The minimum absolute atomic E-state index is 0.325. The molecule has 0 bridgehead atoms. The Balaban J connectivity index is 1.88. The summed E-state index contributed by atoms with van der Waals surface area (Å²) in [5.41, 5.74) is 0. The molecule has 0 unspecified atom stereocenters. The van der Waals surface area contributed by atoms with E-state index in [0.717, 1.165) is 12.2 Å². The van der Waals surface area contributed by atoms with Gasteiger partial charge in [0, 0.05) is 5.75 Å². The molecular formula is C14H27NO2S. The number of carboxylic acids is 1. The number of nitrogens with one attached hydrogen (secondary N) is 1. The fourth-order valence-corrected chi connectivity index (χ4v) is 3.56. The first-order valence-electron chi connectivity index (χ1n) is 7.34. The highest BCUT2D eigenvalue weighted by Crippen LogP contribution is 2.23. The molecule has 0 amide bonds. The van der Waals surface area contributed by atoms with Crippen LogP contribution in [0.2, 0.25) is 0 Å².